The summed E-state index contributed by atoms with van der Waals surface area (Å²) in [6.07, 6.45) is 0.707. The standard InChI is InChI=1S/C18H24N4O4S/c1-5-11-22-16(23)10-9-15(20-22)17(24)19-13-7-6-8-14(12-13)27(25,26)21-18(2,3)4/h6-10,12,21H,5,11H2,1-4H3,(H,19,24). The molecular weight excluding hydrogens is 368 g/mol. The Kier molecular flexibility index (Phi) is 6.17. The quantitative estimate of drug-likeness (QED) is 0.781. The molecule has 0 atom stereocenters. The Balaban J connectivity index is 2.25. The van der Waals surface area contributed by atoms with Gasteiger partial charge in [0.05, 0.1) is 4.90 Å². The first kappa shape index (κ1) is 20.8. The zero-order chi connectivity index (χ0) is 20.2. The summed E-state index contributed by atoms with van der Waals surface area (Å²) in [4.78, 5) is 24.2. The van der Waals surface area contributed by atoms with Gasteiger partial charge in [-0.2, -0.15) is 5.10 Å². The molecule has 146 valence electrons. The normalized spacial score (nSPS) is 12.0. The first-order valence-corrected chi connectivity index (χ1v) is 10.0. The minimum Gasteiger partial charge on any atom is -0.321 e. The smallest absolute Gasteiger partial charge is 0.276 e. The van der Waals surface area contributed by atoms with Gasteiger partial charge in [-0.25, -0.2) is 17.8 Å². The number of nitrogens with one attached hydrogen (secondary N) is 2. The summed E-state index contributed by atoms with van der Waals surface area (Å²) in [7, 11) is -3.72. The van der Waals surface area contributed by atoms with E-state index in [1.54, 1.807) is 26.8 Å². The van der Waals surface area contributed by atoms with E-state index >= 15 is 0 Å². The minimum atomic E-state index is -3.72. The van der Waals surface area contributed by atoms with E-state index in [0.29, 0.717) is 18.7 Å². The molecule has 9 heteroatoms. The topological polar surface area (TPSA) is 110 Å². The molecule has 1 aromatic heterocycles. The Morgan fingerprint density at radius 1 is 1.19 bits per heavy atom. The summed E-state index contributed by atoms with van der Waals surface area (Å²) in [5.74, 6) is -0.529. The lowest BCUT2D eigenvalue weighted by Crippen LogP contribution is -2.40. The van der Waals surface area contributed by atoms with E-state index in [2.05, 4.69) is 15.1 Å². The van der Waals surface area contributed by atoms with Gasteiger partial charge in [0.25, 0.3) is 11.5 Å². The largest absolute Gasteiger partial charge is 0.321 e. The van der Waals surface area contributed by atoms with Crippen LogP contribution in [0.2, 0.25) is 0 Å². The number of aromatic nitrogens is 2. The molecule has 2 N–H and O–H groups in total. The monoisotopic (exact) mass is 392 g/mol. The van der Waals surface area contributed by atoms with Crippen LogP contribution in [0.1, 0.15) is 44.6 Å². The van der Waals surface area contributed by atoms with E-state index in [1.807, 2.05) is 6.92 Å². The lowest BCUT2D eigenvalue weighted by molar-refractivity contribution is 0.101. The summed E-state index contributed by atoms with van der Waals surface area (Å²) in [6, 6.07) is 8.56. The van der Waals surface area contributed by atoms with Gasteiger partial charge in [0.15, 0.2) is 0 Å². The fourth-order valence-electron chi connectivity index (χ4n) is 2.34. The van der Waals surface area contributed by atoms with Gasteiger partial charge in [-0.05, 0) is 51.5 Å². The van der Waals surface area contributed by atoms with Crippen LogP contribution in [0.4, 0.5) is 5.69 Å². The Hall–Kier alpha value is -2.52. The number of carbonyl (C=O) groups is 1. The van der Waals surface area contributed by atoms with Crippen LogP contribution in [0.15, 0.2) is 46.1 Å². The van der Waals surface area contributed by atoms with E-state index in [0.717, 1.165) is 0 Å². The number of carbonyl (C=O) groups excluding carboxylic acids is 1. The molecule has 8 nitrogen and oxygen atoms in total. The van der Waals surface area contributed by atoms with Crippen molar-refractivity contribution in [1.29, 1.82) is 0 Å². The van der Waals surface area contributed by atoms with Crippen molar-refractivity contribution in [2.45, 2.75) is 51.1 Å². The number of anilines is 1. The summed E-state index contributed by atoms with van der Waals surface area (Å²) in [5, 5.41) is 6.65. The van der Waals surface area contributed by atoms with Gasteiger partial charge in [0.1, 0.15) is 5.69 Å². The van der Waals surface area contributed by atoms with Gasteiger partial charge in [0, 0.05) is 23.8 Å². The second-order valence-corrected chi connectivity index (χ2v) is 8.80. The molecule has 0 bridgehead atoms. The molecule has 0 fully saturated rings. The van der Waals surface area contributed by atoms with Crippen LogP contribution >= 0.6 is 0 Å². The predicted octanol–water partition coefficient (Wildman–Crippen LogP) is 1.98. The second kappa shape index (κ2) is 8.01. The van der Waals surface area contributed by atoms with Crippen molar-refractivity contribution in [2.75, 3.05) is 5.32 Å². The highest BCUT2D eigenvalue weighted by Gasteiger charge is 2.22. The average Bonchev–Trinajstić information content (AvgIpc) is 2.55. The highest BCUT2D eigenvalue weighted by molar-refractivity contribution is 7.89. The average molecular weight is 392 g/mol. The number of hydrogen-bond acceptors (Lipinski definition) is 5. The molecule has 0 spiro atoms. The number of nitrogens with zero attached hydrogens (tertiary/aromatic N) is 2. The van der Waals surface area contributed by atoms with Crippen LogP contribution in [-0.4, -0.2) is 29.6 Å². The highest BCUT2D eigenvalue weighted by Crippen LogP contribution is 2.18. The maximum Gasteiger partial charge on any atom is 0.276 e. The van der Waals surface area contributed by atoms with Crippen molar-refractivity contribution in [2.24, 2.45) is 0 Å². The number of sulfonamides is 1. The molecule has 0 saturated carbocycles. The molecule has 0 aliphatic rings. The van der Waals surface area contributed by atoms with E-state index in [9.17, 15) is 18.0 Å². The van der Waals surface area contributed by atoms with E-state index in [4.69, 9.17) is 0 Å². The maximum atomic E-state index is 12.4. The summed E-state index contributed by atoms with van der Waals surface area (Å²) in [6.45, 7) is 7.54. The van der Waals surface area contributed by atoms with Gasteiger partial charge < -0.3 is 5.32 Å². The predicted molar refractivity (Wildman–Crippen MR) is 103 cm³/mol. The van der Waals surface area contributed by atoms with E-state index in [1.165, 1.54) is 35.0 Å². The van der Waals surface area contributed by atoms with Crippen LogP contribution in [0, 0.1) is 0 Å². The van der Waals surface area contributed by atoms with Gasteiger partial charge in [-0.15, -0.1) is 0 Å². The molecule has 1 aromatic carbocycles. The van der Waals surface area contributed by atoms with Gasteiger partial charge >= 0.3 is 0 Å². The fraction of sp³-hybridized carbons (Fsp3) is 0.389. The Labute approximate surface area is 158 Å². The second-order valence-electron chi connectivity index (χ2n) is 7.12. The molecular formula is C18H24N4O4S. The van der Waals surface area contributed by atoms with Crippen molar-refractivity contribution in [3.63, 3.8) is 0 Å². The van der Waals surface area contributed by atoms with Crippen molar-refractivity contribution in [3.8, 4) is 0 Å². The lowest BCUT2D eigenvalue weighted by atomic mass is 10.1. The SMILES string of the molecule is CCCn1nc(C(=O)Nc2cccc(S(=O)(=O)NC(C)(C)C)c2)ccc1=O. The highest BCUT2D eigenvalue weighted by atomic mass is 32.2. The lowest BCUT2D eigenvalue weighted by Gasteiger charge is -2.20. The molecule has 27 heavy (non-hydrogen) atoms. The van der Waals surface area contributed by atoms with Crippen LogP contribution < -0.4 is 15.6 Å². The van der Waals surface area contributed by atoms with Gasteiger partial charge in [-0.1, -0.05) is 13.0 Å². The molecule has 2 rings (SSSR count). The molecule has 0 saturated heterocycles. The third kappa shape index (κ3) is 5.73. The third-order valence-corrected chi connectivity index (χ3v) is 5.13. The molecule has 1 amide bonds. The number of benzene rings is 1. The van der Waals surface area contributed by atoms with Crippen molar-refractivity contribution in [1.82, 2.24) is 14.5 Å². The summed E-state index contributed by atoms with van der Waals surface area (Å²) in [5.41, 5.74) is -0.527. The summed E-state index contributed by atoms with van der Waals surface area (Å²) >= 11 is 0. The van der Waals surface area contributed by atoms with E-state index < -0.39 is 21.5 Å². The van der Waals surface area contributed by atoms with Gasteiger partial charge in [0.2, 0.25) is 10.0 Å². The molecule has 2 aromatic rings. The van der Waals surface area contributed by atoms with Gasteiger partial charge in [-0.3, -0.25) is 9.59 Å². The zero-order valence-corrected chi connectivity index (χ0v) is 16.6. The Morgan fingerprint density at radius 3 is 2.52 bits per heavy atom. The molecule has 0 aliphatic heterocycles. The number of aryl methyl sites for hydroxylation is 1. The van der Waals surface area contributed by atoms with Crippen LogP contribution in [0.3, 0.4) is 0 Å². The first-order chi connectivity index (χ1) is 12.5. The third-order valence-electron chi connectivity index (χ3n) is 3.38. The zero-order valence-electron chi connectivity index (χ0n) is 15.8. The Bertz CT molecular complexity index is 991. The van der Waals surface area contributed by atoms with Crippen molar-refractivity contribution in [3.05, 3.63) is 52.4 Å². The summed E-state index contributed by atoms with van der Waals surface area (Å²) < 4.78 is 28.7. The maximum absolute atomic E-state index is 12.4. The van der Waals surface area contributed by atoms with Crippen molar-refractivity contribution >= 4 is 21.6 Å². The van der Waals surface area contributed by atoms with Crippen LogP contribution in [0.25, 0.3) is 0 Å². The van der Waals surface area contributed by atoms with E-state index in [-0.39, 0.29) is 16.1 Å². The molecule has 0 aliphatic carbocycles. The number of amides is 1. The number of hydrogen-bond donors (Lipinski definition) is 2. The van der Waals surface area contributed by atoms with Crippen LogP contribution in [0.5, 0.6) is 0 Å². The fourth-order valence-corrected chi connectivity index (χ4v) is 3.80. The Morgan fingerprint density at radius 2 is 1.89 bits per heavy atom. The first-order valence-electron chi connectivity index (χ1n) is 8.55. The number of rotatable bonds is 6. The molecule has 1 heterocycles. The van der Waals surface area contributed by atoms with Crippen LogP contribution in [-0.2, 0) is 16.6 Å². The van der Waals surface area contributed by atoms with Crippen molar-refractivity contribution < 1.29 is 13.2 Å². The molecule has 0 unspecified atom stereocenters. The molecule has 0 radical (unpaired) electrons. The minimum absolute atomic E-state index is 0.0409.